The Bertz CT molecular complexity index is 534. The van der Waals surface area contributed by atoms with Gasteiger partial charge in [0.1, 0.15) is 11.7 Å². The summed E-state index contributed by atoms with van der Waals surface area (Å²) in [6, 6.07) is -0.116. The lowest BCUT2D eigenvalue weighted by Gasteiger charge is -2.11. The summed E-state index contributed by atoms with van der Waals surface area (Å²) in [6.07, 6.45) is 0.822. The number of aliphatic carboxylic acids is 1. The van der Waals surface area contributed by atoms with E-state index in [-0.39, 0.29) is 11.5 Å². The summed E-state index contributed by atoms with van der Waals surface area (Å²) in [5.41, 5.74) is 5.21. The number of carbonyl (C=O) groups excluding carboxylic acids is 3. The quantitative estimate of drug-likeness (QED) is 0.503. The van der Waals surface area contributed by atoms with Crippen molar-refractivity contribution < 1.29 is 24.3 Å². The highest BCUT2D eigenvalue weighted by Gasteiger charge is 2.23. The number of nitrogens with two attached hydrogens (primary N) is 1. The summed E-state index contributed by atoms with van der Waals surface area (Å²) < 4.78 is 0. The molecule has 8 heteroatoms. The van der Waals surface area contributed by atoms with Crippen molar-refractivity contribution in [2.45, 2.75) is 19.4 Å². The molecule has 1 rings (SSSR count). The van der Waals surface area contributed by atoms with Crippen LogP contribution in [0.25, 0.3) is 0 Å². The highest BCUT2D eigenvalue weighted by Crippen LogP contribution is 2.05. The van der Waals surface area contributed by atoms with E-state index in [9.17, 15) is 19.2 Å². The van der Waals surface area contributed by atoms with Crippen LogP contribution in [0.3, 0.4) is 0 Å². The Morgan fingerprint density at radius 3 is 2.47 bits per heavy atom. The topological polar surface area (TPSA) is 142 Å². The molecule has 8 nitrogen and oxygen atoms in total. The van der Waals surface area contributed by atoms with Crippen molar-refractivity contribution in [2.24, 2.45) is 5.73 Å². The molecule has 0 aliphatic carbocycles. The van der Waals surface area contributed by atoms with Gasteiger partial charge in [-0.25, -0.2) is 4.79 Å². The highest BCUT2D eigenvalue weighted by molar-refractivity contribution is 6.00. The Kier molecular flexibility index (Phi) is 4.41. The third kappa shape index (κ3) is 3.95. The number of hydrogen-bond acceptors (Lipinski definition) is 4. The zero-order valence-electron chi connectivity index (χ0n) is 10.1. The van der Waals surface area contributed by atoms with Crippen molar-refractivity contribution in [1.82, 2.24) is 10.3 Å². The molecule has 1 aromatic heterocycles. The van der Waals surface area contributed by atoms with E-state index in [2.05, 4.69) is 10.3 Å². The minimum atomic E-state index is -1.41. The lowest BCUT2D eigenvalue weighted by molar-refractivity contribution is -0.140. The number of nitrogens with one attached hydrogen (secondary N) is 2. The van der Waals surface area contributed by atoms with Gasteiger partial charge in [0.25, 0.3) is 5.91 Å². The van der Waals surface area contributed by atoms with Gasteiger partial charge in [-0.15, -0.1) is 0 Å². The van der Waals surface area contributed by atoms with Crippen molar-refractivity contribution in [2.75, 3.05) is 0 Å². The zero-order chi connectivity index (χ0) is 14.6. The van der Waals surface area contributed by atoms with Crippen LogP contribution in [0, 0.1) is 0 Å². The van der Waals surface area contributed by atoms with Crippen LogP contribution in [0.4, 0.5) is 0 Å². The molecule has 0 aliphatic heterocycles. The summed E-state index contributed by atoms with van der Waals surface area (Å²) in [4.78, 5) is 46.8. The van der Waals surface area contributed by atoms with Crippen LogP contribution in [0.1, 0.15) is 34.2 Å². The number of amides is 2. The number of hydrogen-bond donors (Lipinski definition) is 4. The first-order valence-corrected chi connectivity index (χ1v) is 5.32. The number of aromatic nitrogens is 1. The van der Waals surface area contributed by atoms with Gasteiger partial charge in [-0.05, 0) is 13.0 Å². The van der Waals surface area contributed by atoms with Crippen molar-refractivity contribution in [3.05, 3.63) is 23.5 Å². The van der Waals surface area contributed by atoms with Crippen molar-refractivity contribution >= 4 is 23.6 Å². The largest absolute Gasteiger partial charge is 0.480 e. The van der Waals surface area contributed by atoms with E-state index in [1.54, 1.807) is 0 Å². The molecule has 0 saturated heterocycles. The van der Waals surface area contributed by atoms with Gasteiger partial charge in [-0.1, -0.05) is 0 Å². The normalized spacial score (nSPS) is 11.6. The fourth-order valence-electron chi connectivity index (χ4n) is 1.37. The Morgan fingerprint density at radius 1 is 1.42 bits per heavy atom. The lowest BCUT2D eigenvalue weighted by Crippen LogP contribution is -2.43. The van der Waals surface area contributed by atoms with Gasteiger partial charge in [0, 0.05) is 11.8 Å². The molecule has 1 aromatic rings. The van der Waals surface area contributed by atoms with Crippen LogP contribution in [0.5, 0.6) is 0 Å². The Balaban J connectivity index is 2.78. The molecule has 0 bridgehead atoms. The van der Waals surface area contributed by atoms with E-state index < -0.39 is 30.2 Å². The molecule has 1 heterocycles. The summed E-state index contributed by atoms with van der Waals surface area (Å²) >= 11 is 0. The van der Waals surface area contributed by atoms with Crippen molar-refractivity contribution in [1.29, 1.82) is 0 Å². The molecule has 2 amide bonds. The first-order chi connectivity index (χ1) is 8.81. The standard InChI is InChI=1S/C11H13N3O5/c1-5(15)6-2-7(13-4-6)10(17)14-8(11(18)19)3-9(12)16/h2,4,8,13H,3H2,1H3,(H2,12,16)(H,14,17)(H,18,19)/t8-/m0/s1. The average molecular weight is 267 g/mol. The third-order valence-corrected chi connectivity index (χ3v) is 2.34. The van der Waals surface area contributed by atoms with Gasteiger partial charge in [0.15, 0.2) is 5.78 Å². The van der Waals surface area contributed by atoms with Gasteiger partial charge in [0.05, 0.1) is 6.42 Å². The molecule has 102 valence electrons. The maximum Gasteiger partial charge on any atom is 0.326 e. The van der Waals surface area contributed by atoms with Crippen LogP contribution in [-0.2, 0) is 9.59 Å². The maximum absolute atomic E-state index is 11.7. The molecule has 0 fully saturated rings. The van der Waals surface area contributed by atoms with E-state index in [1.807, 2.05) is 0 Å². The SMILES string of the molecule is CC(=O)c1c[nH]c(C(=O)N[C@@H](CC(N)=O)C(=O)O)c1. The van der Waals surface area contributed by atoms with Gasteiger partial charge in [-0.3, -0.25) is 14.4 Å². The Morgan fingerprint density at radius 2 is 2.05 bits per heavy atom. The number of rotatable bonds is 6. The van der Waals surface area contributed by atoms with Gasteiger partial charge in [-0.2, -0.15) is 0 Å². The molecule has 0 aliphatic rings. The van der Waals surface area contributed by atoms with Gasteiger partial charge in [0.2, 0.25) is 5.91 Å². The number of aromatic amines is 1. The monoisotopic (exact) mass is 267 g/mol. The van der Waals surface area contributed by atoms with Crippen LogP contribution in [0.2, 0.25) is 0 Å². The first kappa shape index (κ1) is 14.4. The van der Waals surface area contributed by atoms with Crippen molar-refractivity contribution in [3.8, 4) is 0 Å². The van der Waals surface area contributed by atoms with Gasteiger partial charge < -0.3 is 21.1 Å². The first-order valence-electron chi connectivity index (χ1n) is 5.32. The number of carboxylic acid groups (broad SMARTS) is 1. The fourth-order valence-corrected chi connectivity index (χ4v) is 1.37. The summed E-state index contributed by atoms with van der Waals surface area (Å²) in [6.45, 7) is 1.33. The predicted octanol–water partition coefficient (Wildman–Crippen LogP) is -0.724. The van der Waals surface area contributed by atoms with E-state index >= 15 is 0 Å². The number of H-pyrrole nitrogens is 1. The van der Waals surface area contributed by atoms with E-state index in [1.165, 1.54) is 19.2 Å². The molecule has 0 spiro atoms. The number of ketones is 1. The van der Waals surface area contributed by atoms with Crippen molar-refractivity contribution in [3.63, 3.8) is 0 Å². The fraction of sp³-hybridized carbons (Fsp3) is 0.273. The molecule has 5 N–H and O–H groups in total. The molecule has 0 saturated carbocycles. The number of carboxylic acids is 1. The molecule has 0 aromatic carbocycles. The molecule has 0 unspecified atom stereocenters. The smallest absolute Gasteiger partial charge is 0.326 e. The summed E-state index contributed by atoms with van der Waals surface area (Å²) in [5, 5.41) is 11.0. The molecule has 0 radical (unpaired) electrons. The minimum absolute atomic E-state index is 0.0286. The van der Waals surface area contributed by atoms with Crippen LogP contribution in [-0.4, -0.2) is 39.7 Å². The highest BCUT2D eigenvalue weighted by atomic mass is 16.4. The van der Waals surface area contributed by atoms with E-state index in [0.29, 0.717) is 5.56 Å². The van der Waals surface area contributed by atoms with E-state index in [0.717, 1.165) is 0 Å². The number of primary amides is 1. The number of Topliss-reactive ketones (excluding diaryl/α,β-unsaturated/α-hetero) is 1. The van der Waals surface area contributed by atoms with Crippen LogP contribution >= 0.6 is 0 Å². The summed E-state index contributed by atoms with van der Waals surface area (Å²) in [5.74, 6) is -3.18. The lowest BCUT2D eigenvalue weighted by atomic mass is 10.2. The maximum atomic E-state index is 11.7. The van der Waals surface area contributed by atoms with Crippen LogP contribution in [0.15, 0.2) is 12.3 Å². The molecular formula is C11H13N3O5. The minimum Gasteiger partial charge on any atom is -0.480 e. The Hall–Kier alpha value is -2.64. The Labute approximate surface area is 108 Å². The second-order valence-corrected chi connectivity index (χ2v) is 3.89. The molecular weight excluding hydrogens is 254 g/mol. The summed E-state index contributed by atoms with van der Waals surface area (Å²) in [7, 11) is 0. The average Bonchev–Trinajstić information content (AvgIpc) is 2.76. The number of carbonyl (C=O) groups is 4. The predicted molar refractivity (Wildman–Crippen MR) is 63.5 cm³/mol. The molecule has 1 atom stereocenters. The molecule has 19 heavy (non-hydrogen) atoms. The van der Waals surface area contributed by atoms with Gasteiger partial charge >= 0.3 is 5.97 Å². The van der Waals surface area contributed by atoms with E-state index in [4.69, 9.17) is 10.8 Å². The zero-order valence-corrected chi connectivity index (χ0v) is 10.1. The second kappa shape index (κ2) is 5.80. The van der Waals surface area contributed by atoms with Crippen LogP contribution < -0.4 is 11.1 Å². The third-order valence-electron chi connectivity index (χ3n) is 2.34. The second-order valence-electron chi connectivity index (χ2n) is 3.89.